The van der Waals surface area contributed by atoms with E-state index in [0.717, 1.165) is 11.1 Å². The van der Waals surface area contributed by atoms with Gasteiger partial charge in [0.15, 0.2) is 6.10 Å². The van der Waals surface area contributed by atoms with Crippen molar-refractivity contribution in [2.75, 3.05) is 0 Å². The van der Waals surface area contributed by atoms with Crippen LogP contribution in [0.2, 0.25) is 5.02 Å². The first-order chi connectivity index (χ1) is 15.5. The molecule has 0 radical (unpaired) electrons. The quantitative estimate of drug-likeness (QED) is 0.359. The molecule has 0 fully saturated rings. The van der Waals surface area contributed by atoms with Crippen molar-refractivity contribution in [3.05, 3.63) is 76.8 Å². The van der Waals surface area contributed by atoms with Gasteiger partial charge < -0.3 is 9.84 Å². The van der Waals surface area contributed by atoms with E-state index in [-0.39, 0.29) is 0 Å². The molecule has 5 nitrogen and oxygen atoms in total. The van der Waals surface area contributed by atoms with Crippen molar-refractivity contribution >= 4 is 28.2 Å². The predicted molar refractivity (Wildman–Crippen MR) is 130 cm³/mol. The number of hydrogen-bond donors (Lipinski definition) is 3. The molecule has 1 aliphatic rings. The van der Waals surface area contributed by atoms with Gasteiger partial charge in [-0.3, -0.25) is 9.11 Å². The Bertz CT molecular complexity index is 1310. The van der Waals surface area contributed by atoms with Gasteiger partial charge in [-0.2, -0.15) is 0 Å². The largest absolute Gasteiger partial charge is 0.478 e. The molecule has 0 amide bonds. The Morgan fingerprint density at radius 2 is 1.67 bits per heavy atom. The Morgan fingerprint density at radius 1 is 0.970 bits per heavy atom. The molecule has 1 heterocycles. The van der Waals surface area contributed by atoms with E-state index in [4.69, 9.17) is 16.3 Å². The third kappa shape index (κ3) is 4.46. The number of halogens is 1. The molecule has 0 bridgehead atoms. The SMILES string of the molecule is CC(C)(C)C(Oc1ccc(Cl)cc1C#Cc1ccc2c(c1)S(O)(O)c1ccccc1-2)C(=O)O. The standard InChI is InChI=1S/C26H23ClO5S/c1-26(2,3)24(25(28)29)32-21-13-11-18(27)15-17(21)10-8-16-9-12-20-19-6-4-5-7-22(19)33(30,31)23(20)14-16/h4-7,9,11-15,24,30-31H,1-3H3,(H,28,29). The molecule has 170 valence electrons. The highest BCUT2D eigenvalue weighted by Gasteiger charge is 2.34. The van der Waals surface area contributed by atoms with Crippen molar-refractivity contribution in [1.29, 1.82) is 0 Å². The molecule has 3 aromatic carbocycles. The maximum absolute atomic E-state index is 11.7. The Kier molecular flexibility index (Phi) is 5.94. The van der Waals surface area contributed by atoms with Crippen LogP contribution in [0.25, 0.3) is 11.1 Å². The molecule has 0 aliphatic carbocycles. The molecule has 3 aromatic rings. The van der Waals surface area contributed by atoms with Gasteiger partial charge >= 0.3 is 5.97 Å². The maximum atomic E-state index is 11.7. The fraction of sp³-hybridized carbons (Fsp3) is 0.192. The number of ether oxygens (including phenoxy) is 1. The van der Waals surface area contributed by atoms with E-state index < -0.39 is 28.1 Å². The summed E-state index contributed by atoms with van der Waals surface area (Å²) in [7, 11) is -3.11. The smallest absolute Gasteiger partial charge is 0.345 e. The zero-order chi connectivity index (χ0) is 24.0. The molecule has 3 N–H and O–H groups in total. The second-order valence-electron chi connectivity index (χ2n) is 8.85. The van der Waals surface area contributed by atoms with Crippen molar-refractivity contribution in [2.24, 2.45) is 5.41 Å². The van der Waals surface area contributed by atoms with Crippen molar-refractivity contribution in [3.63, 3.8) is 0 Å². The van der Waals surface area contributed by atoms with Crippen LogP contribution in [0.15, 0.2) is 70.5 Å². The highest BCUT2D eigenvalue weighted by atomic mass is 35.5. The van der Waals surface area contributed by atoms with Gasteiger partial charge in [0.2, 0.25) is 0 Å². The van der Waals surface area contributed by atoms with Gasteiger partial charge in [0.05, 0.1) is 15.4 Å². The zero-order valence-electron chi connectivity index (χ0n) is 18.3. The highest BCUT2D eigenvalue weighted by Crippen LogP contribution is 2.66. The molecule has 0 saturated carbocycles. The van der Waals surface area contributed by atoms with Crippen LogP contribution in [-0.2, 0) is 4.79 Å². The number of fused-ring (bicyclic) bond motifs is 3. The van der Waals surface area contributed by atoms with Crippen LogP contribution in [0.3, 0.4) is 0 Å². The number of rotatable bonds is 3. The van der Waals surface area contributed by atoms with E-state index in [9.17, 15) is 19.0 Å². The normalized spacial score (nSPS) is 15.5. The van der Waals surface area contributed by atoms with E-state index in [2.05, 4.69) is 11.8 Å². The molecular formula is C26H23ClO5S. The molecule has 0 spiro atoms. The summed E-state index contributed by atoms with van der Waals surface area (Å²) in [5.74, 6) is 5.26. The van der Waals surface area contributed by atoms with Crippen LogP contribution >= 0.6 is 22.2 Å². The second-order valence-corrected chi connectivity index (χ2v) is 11.3. The number of hydrogen-bond acceptors (Lipinski definition) is 4. The van der Waals surface area contributed by atoms with Crippen LogP contribution in [0, 0.1) is 17.3 Å². The molecule has 1 aliphatic heterocycles. The summed E-state index contributed by atoms with van der Waals surface area (Å²) in [5.41, 5.74) is 1.96. The summed E-state index contributed by atoms with van der Waals surface area (Å²) in [6.07, 6.45) is -1.08. The van der Waals surface area contributed by atoms with Crippen LogP contribution in [-0.4, -0.2) is 26.3 Å². The number of aliphatic carboxylic acids is 1. The minimum atomic E-state index is -3.11. The van der Waals surface area contributed by atoms with E-state index in [1.807, 2.05) is 24.3 Å². The Morgan fingerprint density at radius 3 is 2.36 bits per heavy atom. The van der Waals surface area contributed by atoms with Gasteiger partial charge in [-0.1, -0.05) is 68.5 Å². The summed E-state index contributed by atoms with van der Waals surface area (Å²) >= 11 is 6.15. The monoisotopic (exact) mass is 482 g/mol. The van der Waals surface area contributed by atoms with Crippen LogP contribution in [0.1, 0.15) is 31.9 Å². The van der Waals surface area contributed by atoms with E-state index >= 15 is 0 Å². The van der Waals surface area contributed by atoms with Gasteiger partial charge in [-0.15, -0.1) is 10.6 Å². The van der Waals surface area contributed by atoms with Crippen molar-refractivity contribution in [1.82, 2.24) is 0 Å². The lowest BCUT2D eigenvalue weighted by atomic mass is 9.89. The number of benzene rings is 3. The average Bonchev–Trinajstić information content (AvgIpc) is 2.97. The van der Waals surface area contributed by atoms with E-state index in [1.165, 1.54) is 0 Å². The van der Waals surface area contributed by atoms with Gasteiger partial charge in [0.25, 0.3) is 0 Å². The Labute approximate surface area is 199 Å². The zero-order valence-corrected chi connectivity index (χ0v) is 19.9. The summed E-state index contributed by atoms with van der Waals surface area (Å²) in [4.78, 5) is 12.7. The topological polar surface area (TPSA) is 87.0 Å². The summed E-state index contributed by atoms with van der Waals surface area (Å²) in [6.45, 7) is 5.36. The lowest BCUT2D eigenvalue weighted by molar-refractivity contribution is -0.150. The van der Waals surface area contributed by atoms with E-state index in [1.54, 1.807) is 57.2 Å². The fourth-order valence-corrected chi connectivity index (χ4v) is 5.62. The van der Waals surface area contributed by atoms with Gasteiger partial charge in [0.1, 0.15) is 5.75 Å². The third-order valence-electron chi connectivity index (χ3n) is 5.31. The van der Waals surface area contributed by atoms with Crippen LogP contribution < -0.4 is 4.74 Å². The molecule has 1 unspecified atom stereocenters. The first-order valence-corrected chi connectivity index (χ1v) is 12.1. The number of carboxylic acids is 1. The van der Waals surface area contributed by atoms with Gasteiger partial charge in [-0.25, -0.2) is 4.79 Å². The first kappa shape index (κ1) is 23.2. The Balaban J connectivity index is 1.71. The van der Waals surface area contributed by atoms with E-state index in [0.29, 0.717) is 31.7 Å². The minimum absolute atomic E-state index is 0.312. The molecule has 0 aromatic heterocycles. The van der Waals surface area contributed by atoms with Crippen molar-refractivity contribution < 1.29 is 23.7 Å². The predicted octanol–water partition coefficient (Wildman–Crippen LogP) is 6.77. The highest BCUT2D eigenvalue weighted by molar-refractivity contribution is 8.24. The summed E-state index contributed by atoms with van der Waals surface area (Å²) in [5, 5.41) is 10.0. The van der Waals surface area contributed by atoms with Gasteiger partial charge in [0, 0.05) is 27.1 Å². The summed E-state index contributed by atoms with van der Waals surface area (Å²) in [6, 6.07) is 17.4. The third-order valence-corrected chi connectivity index (χ3v) is 7.47. The molecular weight excluding hydrogens is 460 g/mol. The molecule has 7 heteroatoms. The molecule has 33 heavy (non-hydrogen) atoms. The molecule has 1 atom stereocenters. The van der Waals surface area contributed by atoms with Gasteiger partial charge in [-0.05, 0) is 36.4 Å². The molecule has 4 rings (SSSR count). The Hall–Kier alpha value is -2.95. The van der Waals surface area contributed by atoms with Crippen molar-refractivity contribution in [3.8, 4) is 28.7 Å². The van der Waals surface area contributed by atoms with Crippen LogP contribution in [0.4, 0.5) is 0 Å². The first-order valence-electron chi connectivity index (χ1n) is 10.2. The maximum Gasteiger partial charge on any atom is 0.345 e. The average molecular weight is 483 g/mol. The lowest BCUT2D eigenvalue weighted by Gasteiger charge is -2.28. The number of carbonyl (C=O) groups is 1. The minimum Gasteiger partial charge on any atom is -0.478 e. The number of carboxylic acid groups (broad SMARTS) is 1. The fourth-order valence-electron chi connectivity index (χ4n) is 3.68. The molecule has 0 saturated heterocycles. The summed E-state index contributed by atoms with van der Waals surface area (Å²) < 4.78 is 27.5. The lowest BCUT2D eigenvalue weighted by Crippen LogP contribution is -2.39. The van der Waals surface area contributed by atoms with Crippen molar-refractivity contribution in [2.45, 2.75) is 36.7 Å². The van der Waals surface area contributed by atoms with Crippen LogP contribution in [0.5, 0.6) is 5.75 Å². The second kappa shape index (κ2) is 8.44.